The van der Waals surface area contributed by atoms with Crippen LogP contribution >= 0.6 is 0 Å². The zero-order valence-electron chi connectivity index (χ0n) is 12.9. The van der Waals surface area contributed by atoms with Crippen LogP contribution in [0.15, 0.2) is 29.2 Å². The van der Waals surface area contributed by atoms with Gasteiger partial charge in [-0.15, -0.1) is 0 Å². The zero-order valence-corrected chi connectivity index (χ0v) is 13.7. The first kappa shape index (κ1) is 17.9. The van der Waals surface area contributed by atoms with Crippen molar-refractivity contribution in [3.63, 3.8) is 0 Å². The SMILES string of the molecule is CCCS(=O)(=O)c1ccc(N(CCCN)CCOC)cc1. The Labute approximate surface area is 128 Å². The molecule has 0 spiro atoms. The van der Waals surface area contributed by atoms with E-state index in [9.17, 15) is 8.42 Å². The Morgan fingerprint density at radius 1 is 1.19 bits per heavy atom. The monoisotopic (exact) mass is 314 g/mol. The molecule has 0 fully saturated rings. The highest BCUT2D eigenvalue weighted by molar-refractivity contribution is 7.91. The first-order valence-electron chi connectivity index (χ1n) is 7.32. The molecular weight excluding hydrogens is 288 g/mol. The van der Waals surface area contributed by atoms with Crippen LogP contribution in [0.1, 0.15) is 19.8 Å². The molecule has 0 saturated heterocycles. The quantitative estimate of drug-likeness (QED) is 0.711. The molecular formula is C15H26N2O3S. The van der Waals surface area contributed by atoms with Crippen molar-refractivity contribution in [2.24, 2.45) is 5.73 Å². The maximum atomic E-state index is 12.0. The number of anilines is 1. The van der Waals surface area contributed by atoms with Gasteiger partial charge in [0.1, 0.15) is 0 Å². The Hall–Kier alpha value is -1.11. The van der Waals surface area contributed by atoms with E-state index < -0.39 is 9.84 Å². The molecule has 0 amide bonds. The molecule has 0 aliphatic carbocycles. The van der Waals surface area contributed by atoms with Crippen molar-refractivity contribution in [3.05, 3.63) is 24.3 Å². The first-order chi connectivity index (χ1) is 10.0. The van der Waals surface area contributed by atoms with E-state index in [1.807, 2.05) is 19.1 Å². The second-order valence-electron chi connectivity index (χ2n) is 4.93. The van der Waals surface area contributed by atoms with Crippen LogP contribution in [0, 0.1) is 0 Å². The van der Waals surface area contributed by atoms with Crippen LogP contribution in [0.3, 0.4) is 0 Å². The van der Waals surface area contributed by atoms with Gasteiger partial charge in [-0.2, -0.15) is 0 Å². The molecule has 0 aliphatic heterocycles. The van der Waals surface area contributed by atoms with E-state index in [2.05, 4.69) is 4.90 Å². The van der Waals surface area contributed by atoms with Gasteiger partial charge in [0.25, 0.3) is 0 Å². The van der Waals surface area contributed by atoms with Crippen molar-refractivity contribution in [2.75, 3.05) is 44.0 Å². The number of ether oxygens (including phenoxy) is 1. The number of sulfone groups is 1. The van der Waals surface area contributed by atoms with Crippen LogP contribution < -0.4 is 10.6 Å². The number of hydrogen-bond donors (Lipinski definition) is 1. The number of nitrogens with zero attached hydrogens (tertiary/aromatic N) is 1. The lowest BCUT2D eigenvalue weighted by molar-refractivity contribution is 0.205. The van der Waals surface area contributed by atoms with Gasteiger partial charge in [-0.1, -0.05) is 6.92 Å². The standard InChI is InChI=1S/C15H26N2O3S/c1-3-13-21(18,19)15-7-5-14(6-8-15)17(10-4-9-16)11-12-20-2/h5-8H,3-4,9-13,16H2,1-2H3. The fraction of sp³-hybridized carbons (Fsp3) is 0.600. The number of nitrogens with two attached hydrogens (primary N) is 1. The molecule has 21 heavy (non-hydrogen) atoms. The van der Waals surface area contributed by atoms with Crippen molar-refractivity contribution < 1.29 is 13.2 Å². The van der Waals surface area contributed by atoms with Crippen LogP contribution in [0.2, 0.25) is 0 Å². The third-order valence-corrected chi connectivity index (χ3v) is 5.17. The third-order valence-electron chi connectivity index (χ3n) is 3.23. The van der Waals surface area contributed by atoms with Crippen LogP contribution in [0.25, 0.3) is 0 Å². The van der Waals surface area contributed by atoms with Gasteiger partial charge in [0.15, 0.2) is 9.84 Å². The predicted octanol–water partition coefficient (Wildman–Crippen LogP) is 1.67. The lowest BCUT2D eigenvalue weighted by atomic mass is 10.2. The minimum absolute atomic E-state index is 0.187. The average molecular weight is 314 g/mol. The summed E-state index contributed by atoms with van der Waals surface area (Å²) < 4.78 is 29.1. The van der Waals surface area contributed by atoms with Gasteiger partial charge in [-0.25, -0.2) is 8.42 Å². The van der Waals surface area contributed by atoms with E-state index >= 15 is 0 Å². The Morgan fingerprint density at radius 2 is 1.86 bits per heavy atom. The molecule has 2 N–H and O–H groups in total. The minimum atomic E-state index is -3.15. The summed E-state index contributed by atoms with van der Waals surface area (Å²) in [7, 11) is -1.48. The van der Waals surface area contributed by atoms with Crippen LogP contribution in [-0.4, -0.2) is 47.5 Å². The molecule has 5 nitrogen and oxygen atoms in total. The Bertz CT molecular complexity index is 492. The molecule has 0 atom stereocenters. The molecule has 0 heterocycles. The number of rotatable bonds is 10. The lowest BCUT2D eigenvalue weighted by Gasteiger charge is -2.24. The van der Waals surface area contributed by atoms with Gasteiger partial charge in [0, 0.05) is 25.9 Å². The largest absolute Gasteiger partial charge is 0.383 e. The summed E-state index contributed by atoms with van der Waals surface area (Å²) in [5.41, 5.74) is 6.56. The van der Waals surface area contributed by atoms with E-state index in [0.717, 1.165) is 25.2 Å². The number of hydrogen-bond acceptors (Lipinski definition) is 5. The third kappa shape index (κ3) is 5.65. The Morgan fingerprint density at radius 3 is 2.38 bits per heavy atom. The summed E-state index contributed by atoms with van der Waals surface area (Å²) in [5.74, 6) is 0.187. The molecule has 0 aliphatic rings. The van der Waals surface area contributed by atoms with Crippen molar-refractivity contribution in [1.82, 2.24) is 0 Å². The van der Waals surface area contributed by atoms with E-state index in [-0.39, 0.29) is 5.75 Å². The molecule has 0 unspecified atom stereocenters. The fourth-order valence-electron chi connectivity index (χ4n) is 2.10. The molecule has 0 radical (unpaired) electrons. The molecule has 0 saturated carbocycles. The summed E-state index contributed by atoms with van der Waals surface area (Å²) in [6.07, 6.45) is 1.51. The van der Waals surface area contributed by atoms with Crippen LogP contribution in [0.4, 0.5) is 5.69 Å². The van der Waals surface area contributed by atoms with Gasteiger partial charge in [-0.05, 0) is 43.7 Å². The Balaban J connectivity index is 2.86. The van der Waals surface area contributed by atoms with Crippen molar-refractivity contribution in [2.45, 2.75) is 24.7 Å². The van der Waals surface area contributed by atoms with E-state index in [1.54, 1.807) is 19.2 Å². The highest BCUT2D eigenvalue weighted by atomic mass is 32.2. The van der Waals surface area contributed by atoms with Gasteiger partial charge in [0.2, 0.25) is 0 Å². The molecule has 6 heteroatoms. The van der Waals surface area contributed by atoms with Gasteiger partial charge >= 0.3 is 0 Å². The summed E-state index contributed by atoms with van der Waals surface area (Å²) in [4.78, 5) is 2.55. The molecule has 1 rings (SSSR count). The highest BCUT2D eigenvalue weighted by Crippen LogP contribution is 2.19. The van der Waals surface area contributed by atoms with E-state index in [1.165, 1.54) is 0 Å². The molecule has 0 bridgehead atoms. The lowest BCUT2D eigenvalue weighted by Crippen LogP contribution is -2.29. The number of methoxy groups -OCH3 is 1. The van der Waals surface area contributed by atoms with E-state index in [4.69, 9.17) is 10.5 Å². The first-order valence-corrected chi connectivity index (χ1v) is 8.97. The smallest absolute Gasteiger partial charge is 0.178 e. The Kier molecular flexibility index (Phi) is 7.71. The van der Waals surface area contributed by atoms with Gasteiger partial charge in [0.05, 0.1) is 17.3 Å². The maximum absolute atomic E-state index is 12.0. The fourth-order valence-corrected chi connectivity index (χ4v) is 3.43. The van der Waals surface area contributed by atoms with Crippen molar-refractivity contribution in [1.29, 1.82) is 0 Å². The molecule has 0 aromatic heterocycles. The van der Waals surface area contributed by atoms with Crippen LogP contribution in [0.5, 0.6) is 0 Å². The summed E-state index contributed by atoms with van der Waals surface area (Å²) >= 11 is 0. The maximum Gasteiger partial charge on any atom is 0.178 e. The normalized spacial score (nSPS) is 11.6. The topological polar surface area (TPSA) is 72.6 Å². The van der Waals surface area contributed by atoms with Gasteiger partial charge in [-0.3, -0.25) is 0 Å². The second-order valence-corrected chi connectivity index (χ2v) is 7.04. The average Bonchev–Trinajstić information content (AvgIpc) is 2.47. The number of benzene rings is 1. The molecule has 120 valence electrons. The summed E-state index contributed by atoms with van der Waals surface area (Å²) in [5, 5.41) is 0. The van der Waals surface area contributed by atoms with E-state index in [0.29, 0.717) is 24.5 Å². The molecule has 1 aromatic carbocycles. The zero-order chi connectivity index (χ0) is 15.7. The summed E-state index contributed by atoms with van der Waals surface area (Å²) in [6, 6.07) is 7.08. The van der Waals surface area contributed by atoms with Crippen molar-refractivity contribution in [3.8, 4) is 0 Å². The van der Waals surface area contributed by atoms with Crippen molar-refractivity contribution >= 4 is 15.5 Å². The molecule has 1 aromatic rings. The van der Waals surface area contributed by atoms with Gasteiger partial charge < -0.3 is 15.4 Å². The van der Waals surface area contributed by atoms with Crippen LogP contribution in [-0.2, 0) is 14.6 Å². The highest BCUT2D eigenvalue weighted by Gasteiger charge is 2.13. The second kappa shape index (κ2) is 9.02. The predicted molar refractivity (Wildman–Crippen MR) is 86.5 cm³/mol. The minimum Gasteiger partial charge on any atom is -0.383 e. The summed E-state index contributed by atoms with van der Waals surface area (Å²) in [6.45, 7) is 4.72.